The lowest BCUT2D eigenvalue weighted by molar-refractivity contribution is -0.131. The Morgan fingerprint density at radius 1 is 1.17 bits per heavy atom. The molecule has 0 spiro atoms. The maximum absolute atomic E-state index is 12.8. The van der Waals surface area contributed by atoms with Crippen LogP contribution < -0.4 is 10.5 Å². The second kappa shape index (κ2) is 8.29. The van der Waals surface area contributed by atoms with Crippen molar-refractivity contribution >= 4 is 5.91 Å². The SMILES string of the molecule is CN(CCCOc1ccc(F)cc1)C(=O)C(N)c1ccccc1. The molecule has 0 saturated heterocycles. The molecule has 0 saturated carbocycles. The van der Waals surface area contributed by atoms with Crippen LogP contribution in [0.15, 0.2) is 54.6 Å². The number of amides is 1. The first kappa shape index (κ1) is 17.0. The molecule has 0 bridgehead atoms. The van der Waals surface area contributed by atoms with Crippen molar-refractivity contribution in [1.29, 1.82) is 0 Å². The number of hydrogen-bond acceptors (Lipinski definition) is 3. The lowest BCUT2D eigenvalue weighted by atomic mass is 10.1. The Morgan fingerprint density at radius 3 is 2.48 bits per heavy atom. The second-order valence-electron chi connectivity index (χ2n) is 5.30. The zero-order chi connectivity index (χ0) is 16.7. The highest BCUT2D eigenvalue weighted by Crippen LogP contribution is 2.13. The van der Waals surface area contributed by atoms with E-state index >= 15 is 0 Å². The minimum atomic E-state index is -0.654. The molecule has 0 aliphatic heterocycles. The van der Waals surface area contributed by atoms with Crippen LogP contribution in [-0.2, 0) is 4.79 Å². The van der Waals surface area contributed by atoms with E-state index in [-0.39, 0.29) is 11.7 Å². The van der Waals surface area contributed by atoms with Gasteiger partial charge in [-0.3, -0.25) is 4.79 Å². The summed E-state index contributed by atoms with van der Waals surface area (Å²) in [6.45, 7) is 0.990. The Balaban J connectivity index is 1.74. The average Bonchev–Trinajstić information content (AvgIpc) is 2.59. The summed E-state index contributed by atoms with van der Waals surface area (Å²) in [7, 11) is 1.73. The van der Waals surface area contributed by atoms with Crippen LogP contribution in [0.4, 0.5) is 4.39 Å². The predicted molar refractivity (Wildman–Crippen MR) is 87.5 cm³/mol. The van der Waals surface area contributed by atoms with Gasteiger partial charge in [0.15, 0.2) is 0 Å². The number of rotatable bonds is 7. The molecule has 0 aliphatic carbocycles. The molecule has 0 fully saturated rings. The van der Waals surface area contributed by atoms with Gasteiger partial charge < -0.3 is 15.4 Å². The van der Waals surface area contributed by atoms with E-state index in [1.165, 1.54) is 12.1 Å². The molecule has 4 nitrogen and oxygen atoms in total. The van der Waals surface area contributed by atoms with Crippen molar-refractivity contribution in [2.75, 3.05) is 20.2 Å². The van der Waals surface area contributed by atoms with E-state index in [0.717, 1.165) is 5.56 Å². The lowest BCUT2D eigenvalue weighted by Crippen LogP contribution is -2.36. The third-order valence-corrected chi connectivity index (χ3v) is 3.52. The highest BCUT2D eigenvalue weighted by molar-refractivity contribution is 5.82. The fourth-order valence-electron chi connectivity index (χ4n) is 2.17. The zero-order valence-electron chi connectivity index (χ0n) is 13.1. The molecule has 0 heterocycles. The van der Waals surface area contributed by atoms with Crippen LogP contribution in [-0.4, -0.2) is 31.0 Å². The number of carbonyl (C=O) groups is 1. The molecular formula is C18H21FN2O2. The van der Waals surface area contributed by atoms with E-state index in [9.17, 15) is 9.18 Å². The van der Waals surface area contributed by atoms with Crippen molar-refractivity contribution < 1.29 is 13.9 Å². The summed E-state index contributed by atoms with van der Waals surface area (Å²) in [6.07, 6.45) is 0.668. The normalized spacial score (nSPS) is 11.8. The van der Waals surface area contributed by atoms with Crippen molar-refractivity contribution in [3.63, 3.8) is 0 Å². The summed E-state index contributed by atoms with van der Waals surface area (Å²) < 4.78 is 18.3. The molecule has 2 aromatic rings. The van der Waals surface area contributed by atoms with Gasteiger partial charge in [0.2, 0.25) is 5.91 Å². The first-order valence-electron chi connectivity index (χ1n) is 7.52. The summed E-state index contributed by atoms with van der Waals surface area (Å²) in [5.41, 5.74) is 6.79. The molecule has 2 N–H and O–H groups in total. The maximum atomic E-state index is 12.8. The molecule has 5 heteroatoms. The van der Waals surface area contributed by atoms with Gasteiger partial charge in [-0.2, -0.15) is 0 Å². The molecule has 2 aromatic carbocycles. The first-order valence-corrected chi connectivity index (χ1v) is 7.52. The summed E-state index contributed by atoms with van der Waals surface area (Å²) in [4.78, 5) is 13.9. The minimum absolute atomic E-state index is 0.127. The quantitative estimate of drug-likeness (QED) is 0.799. The van der Waals surface area contributed by atoms with Crippen LogP contribution in [0.5, 0.6) is 5.75 Å². The predicted octanol–water partition coefficient (Wildman–Crippen LogP) is 2.75. The van der Waals surface area contributed by atoms with E-state index in [4.69, 9.17) is 10.5 Å². The van der Waals surface area contributed by atoms with Crippen molar-refractivity contribution in [2.24, 2.45) is 5.73 Å². The molecule has 0 aliphatic rings. The molecule has 122 valence electrons. The number of nitrogens with zero attached hydrogens (tertiary/aromatic N) is 1. The zero-order valence-corrected chi connectivity index (χ0v) is 13.1. The van der Waals surface area contributed by atoms with Crippen LogP contribution >= 0.6 is 0 Å². The van der Waals surface area contributed by atoms with Crippen LogP contribution in [0.3, 0.4) is 0 Å². The maximum Gasteiger partial charge on any atom is 0.243 e. The van der Waals surface area contributed by atoms with E-state index < -0.39 is 6.04 Å². The lowest BCUT2D eigenvalue weighted by Gasteiger charge is -2.21. The Kier molecular flexibility index (Phi) is 6.11. The van der Waals surface area contributed by atoms with Crippen molar-refractivity contribution in [1.82, 2.24) is 4.90 Å². The molecule has 1 unspecified atom stereocenters. The number of ether oxygens (including phenoxy) is 1. The van der Waals surface area contributed by atoms with Gasteiger partial charge in [0, 0.05) is 13.6 Å². The summed E-state index contributed by atoms with van der Waals surface area (Å²) >= 11 is 0. The second-order valence-corrected chi connectivity index (χ2v) is 5.30. The van der Waals surface area contributed by atoms with E-state index in [1.807, 2.05) is 30.3 Å². The average molecular weight is 316 g/mol. The number of carbonyl (C=O) groups excluding carboxylic acids is 1. The Labute approximate surface area is 135 Å². The highest BCUT2D eigenvalue weighted by Gasteiger charge is 2.19. The number of hydrogen-bond donors (Lipinski definition) is 1. The molecule has 0 radical (unpaired) electrons. The van der Waals surface area contributed by atoms with E-state index in [2.05, 4.69) is 0 Å². The van der Waals surface area contributed by atoms with Gasteiger partial charge in [0.05, 0.1) is 6.61 Å². The Hall–Kier alpha value is -2.40. The van der Waals surface area contributed by atoms with Gasteiger partial charge in [-0.25, -0.2) is 4.39 Å². The molecular weight excluding hydrogens is 295 g/mol. The standard InChI is InChI=1S/C18H21FN2O2/c1-21(18(22)17(20)14-6-3-2-4-7-14)12-5-13-23-16-10-8-15(19)9-11-16/h2-4,6-11,17H,5,12-13,20H2,1H3. The monoisotopic (exact) mass is 316 g/mol. The minimum Gasteiger partial charge on any atom is -0.494 e. The largest absolute Gasteiger partial charge is 0.494 e. The third-order valence-electron chi connectivity index (χ3n) is 3.52. The van der Waals surface area contributed by atoms with Crippen molar-refractivity contribution in [2.45, 2.75) is 12.5 Å². The molecule has 1 amide bonds. The smallest absolute Gasteiger partial charge is 0.243 e. The number of halogens is 1. The Morgan fingerprint density at radius 2 is 1.83 bits per heavy atom. The number of nitrogens with two attached hydrogens (primary N) is 1. The summed E-state index contributed by atoms with van der Waals surface area (Å²) in [5.74, 6) is 0.192. The van der Waals surface area contributed by atoms with Gasteiger partial charge >= 0.3 is 0 Å². The molecule has 0 aromatic heterocycles. The van der Waals surface area contributed by atoms with Crippen molar-refractivity contribution in [3.05, 3.63) is 66.0 Å². The topological polar surface area (TPSA) is 55.6 Å². The van der Waals surface area contributed by atoms with E-state index in [0.29, 0.717) is 25.3 Å². The summed E-state index contributed by atoms with van der Waals surface area (Å²) in [5, 5.41) is 0. The van der Waals surface area contributed by atoms with Gasteiger partial charge in [0.25, 0.3) is 0 Å². The van der Waals surface area contributed by atoms with Crippen LogP contribution in [0, 0.1) is 5.82 Å². The fraction of sp³-hybridized carbons (Fsp3) is 0.278. The molecule has 1 atom stereocenters. The highest BCUT2D eigenvalue weighted by atomic mass is 19.1. The van der Waals surface area contributed by atoms with Crippen LogP contribution in [0.25, 0.3) is 0 Å². The Bertz CT molecular complexity index is 617. The third kappa shape index (κ3) is 5.07. The molecule has 2 rings (SSSR count). The fourth-order valence-corrected chi connectivity index (χ4v) is 2.17. The molecule has 23 heavy (non-hydrogen) atoms. The van der Waals surface area contributed by atoms with Crippen LogP contribution in [0.1, 0.15) is 18.0 Å². The van der Waals surface area contributed by atoms with Gasteiger partial charge in [-0.15, -0.1) is 0 Å². The van der Waals surface area contributed by atoms with E-state index in [1.54, 1.807) is 24.1 Å². The van der Waals surface area contributed by atoms with Gasteiger partial charge in [-0.05, 0) is 36.2 Å². The van der Waals surface area contributed by atoms with Crippen LogP contribution in [0.2, 0.25) is 0 Å². The number of likely N-dealkylation sites (N-methyl/N-ethyl adjacent to an activating group) is 1. The summed E-state index contributed by atoms with van der Waals surface area (Å²) in [6, 6.07) is 14.5. The van der Waals surface area contributed by atoms with Crippen molar-refractivity contribution in [3.8, 4) is 5.75 Å². The van der Waals surface area contributed by atoms with Gasteiger partial charge in [-0.1, -0.05) is 30.3 Å². The van der Waals surface area contributed by atoms with Gasteiger partial charge in [0.1, 0.15) is 17.6 Å². The first-order chi connectivity index (χ1) is 11.1. The number of benzene rings is 2.